The smallest absolute Gasteiger partial charge is 0.161 e. The summed E-state index contributed by atoms with van der Waals surface area (Å²) in [5, 5.41) is 0. The number of amidine groups is 1. The number of halogens is 2. The van der Waals surface area contributed by atoms with Crippen LogP contribution in [0, 0.1) is 11.6 Å². The first-order chi connectivity index (χ1) is 11.7. The van der Waals surface area contributed by atoms with E-state index in [1.807, 2.05) is 24.3 Å². The highest BCUT2D eigenvalue weighted by atomic mass is 19.1. The van der Waals surface area contributed by atoms with Gasteiger partial charge in [0.2, 0.25) is 0 Å². The molecule has 0 aliphatic carbocycles. The number of hydrogen-bond donors (Lipinski definition) is 0. The van der Waals surface area contributed by atoms with Crippen molar-refractivity contribution in [2.24, 2.45) is 9.98 Å². The fraction of sp³-hybridized carbons (Fsp3) is 0. The molecule has 2 nitrogen and oxygen atoms in total. The van der Waals surface area contributed by atoms with Crippen LogP contribution in [0.2, 0.25) is 0 Å². The number of hydrogen-bond acceptors (Lipinski definition) is 1. The summed E-state index contributed by atoms with van der Waals surface area (Å²) < 4.78 is 26.2. The first-order valence-corrected chi connectivity index (χ1v) is 7.49. The van der Waals surface area contributed by atoms with Crippen LogP contribution in [0.1, 0.15) is 16.7 Å². The van der Waals surface area contributed by atoms with Crippen LogP contribution in [0.3, 0.4) is 0 Å². The SMILES string of the molecule is Fc1ccc(N=C2N=C(c3ccc(F)cc3)c3ccccc32)cc1. The van der Waals surface area contributed by atoms with Crippen LogP contribution in [-0.4, -0.2) is 11.5 Å². The molecule has 1 aliphatic rings. The van der Waals surface area contributed by atoms with Gasteiger partial charge in [0, 0.05) is 16.7 Å². The Kier molecular flexibility index (Phi) is 3.50. The maximum absolute atomic E-state index is 13.2. The zero-order chi connectivity index (χ0) is 16.5. The van der Waals surface area contributed by atoms with Gasteiger partial charge < -0.3 is 0 Å². The molecule has 0 atom stereocenters. The van der Waals surface area contributed by atoms with Crippen molar-refractivity contribution in [2.45, 2.75) is 0 Å². The van der Waals surface area contributed by atoms with Crippen molar-refractivity contribution < 1.29 is 8.78 Å². The average Bonchev–Trinajstić information content (AvgIpc) is 2.97. The zero-order valence-electron chi connectivity index (χ0n) is 12.6. The van der Waals surface area contributed by atoms with Crippen molar-refractivity contribution in [1.82, 2.24) is 0 Å². The molecule has 4 heteroatoms. The molecule has 24 heavy (non-hydrogen) atoms. The minimum absolute atomic E-state index is 0.286. The van der Waals surface area contributed by atoms with Crippen LogP contribution < -0.4 is 0 Å². The van der Waals surface area contributed by atoms with E-state index in [9.17, 15) is 8.78 Å². The Morgan fingerprint density at radius 3 is 1.92 bits per heavy atom. The Balaban J connectivity index is 1.83. The van der Waals surface area contributed by atoms with Crippen LogP contribution in [0.25, 0.3) is 0 Å². The van der Waals surface area contributed by atoms with Gasteiger partial charge in [-0.25, -0.2) is 18.8 Å². The Morgan fingerprint density at radius 1 is 0.667 bits per heavy atom. The minimum atomic E-state index is -0.304. The third kappa shape index (κ3) is 2.63. The van der Waals surface area contributed by atoms with Gasteiger partial charge in [-0.15, -0.1) is 0 Å². The zero-order valence-corrected chi connectivity index (χ0v) is 12.6. The summed E-state index contributed by atoms with van der Waals surface area (Å²) in [6.07, 6.45) is 0. The maximum Gasteiger partial charge on any atom is 0.161 e. The van der Waals surface area contributed by atoms with E-state index in [2.05, 4.69) is 9.98 Å². The highest BCUT2D eigenvalue weighted by molar-refractivity contribution is 6.29. The normalized spacial score (nSPS) is 14.6. The van der Waals surface area contributed by atoms with E-state index in [1.54, 1.807) is 24.3 Å². The molecule has 0 unspecified atom stereocenters. The molecule has 0 saturated carbocycles. The van der Waals surface area contributed by atoms with Gasteiger partial charge >= 0.3 is 0 Å². The molecule has 0 bridgehead atoms. The number of nitrogens with zero attached hydrogens (tertiary/aromatic N) is 2. The van der Waals surface area contributed by atoms with Crippen molar-refractivity contribution >= 4 is 17.2 Å². The molecule has 4 rings (SSSR count). The van der Waals surface area contributed by atoms with Gasteiger partial charge in [-0.1, -0.05) is 24.3 Å². The summed E-state index contributed by atoms with van der Waals surface area (Å²) in [5.74, 6) is -0.0244. The molecule has 116 valence electrons. The van der Waals surface area contributed by atoms with Crippen molar-refractivity contribution in [3.63, 3.8) is 0 Å². The van der Waals surface area contributed by atoms with E-state index in [0.717, 1.165) is 22.4 Å². The molecule has 0 aromatic heterocycles. The van der Waals surface area contributed by atoms with Crippen LogP contribution in [0.15, 0.2) is 82.8 Å². The number of rotatable bonds is 2. The van der Waals surface area contributed by atoms with Crippen LogP contribution in [-0.2, 0) is 0 Å². The summed E-state index contributed by atoms with van der Waals surface area (Å²) in [6.45, 7) is 0. The third-order valence-electron chi connectivity index (χ3n) is 3.82. The molecule has 0 fully saturated rings. The van der Waals surface area contributed by atoms with Gasteiger partial charge in [-0.05, 0) is 48.5 Å². The van der Waals surface area contributed by atoms with Gasteiger partial charge in [0.1, 0.15) is 11.6 Å². The second kappa shape index (κ2) is 5.81. The molecule has 3 aromatic rings. The lowest BCUT2D eigenvalue weighted by atomic mass is 10.00. The van der Waals surface area contributed by atoms with Crippen molar-refractivity contribution in [2.75, 3.05) is 0 Å². The Bertz CT molecular complexity index is 956. The molecular weight excluding hydrogens is 306 g/mol. The summed E-state index contributed by atoms with van der Waals surface area (Å²) in [6, 6.07) is 19.9. The minimum Gasteiger partial charge on any atom is -0.229 e. The van der Waals surface area contributed by atoms with E-state index in [4.69, 9.17) is 0 Å². The summed E-state index contributed by atoms with van der Waals surface area (Å²) in [7, 11) is 0. The second-order valence-corrected chi connectivity index (χ2v) is 5.42. The molecule has 0 N–H and O–H groups in total. The molecular formula is C20H12F2N2. The molecule has 0 radical (unpaired) electrons. The van der Waals surface area contributed by atoms with Crippen molar-refractivity contribution in [1.29, 1.82) is 0 Å². The first kappa shape index (κ1) is 14.5. The fourth-order valence-electron chi connectivity index (χ4n) is 2.66. The number of fused-ring (bicyclic) bond motifs is 1. The van der Waals surface area contributed by atoms with Gasteiger partial charge in [-0.3, -0.25) is 0 Å². The first-order valence-electron chi connectivity index (χ1n) is 7.49. The Morgan fingerprint density at radius 2 is 1.25 bits per heavy atom. The summed E-state index contributed by atoms with van der Waals surface area (Å²) in [4.78, 5) is 9.15. The standard InChI is InChI=1S/C20H12F2N2/c21-14-7-5-13(6-8-14)19-17-3-1-2-4-18(17)20(24-19)23-16-11-9-15(22)10-12-16/h1-12H. The van der Waals surface area contributed by atoms with Gasteiger partial charge in [0.15, 0.2) is 5.84 Å². The Labute approximate surface area is 137 Å². The van der Waals surface area contributed by atoms with E-state index in [1.165, 1.54) is 24.3 Å². The van der Waals surface area contributed by atoms with E-state index >= 15 is 0 Å². The van der Waals surface area contributed by atoms with E-state index in [0.29, 0.717) is 11.5 Å². The van der Waals surface area contributed by atoms with E-state index in [-0.39, 0.29) is 11.6 Å². The molecule has 1 aliphatic heterocycles. The Hall–Kier alpha value is -3.14. The maximum atomic E-state index is 13.2. The molecule has 3 aromatic carbocycles. The lowest BCUT2D eigenvalue weighted by Crippen LogP contribution is -2.00. The monoisotopic (exact) mass is 318 g/mol. The quantitative estimate of drug-likeness (QED) is 0.642. The fourth-order valence-corrected chi connectivity index (χ4v) is 2.66. The predicted octanol–water partition coefficient (Wildman–Crippen LogP) is 4.89. The molecule has 1 heterocycles. The molecule has 0 spiro atoms. The van der Waals surface area contributed by atoms with Crippen molar-refractivity contribution in [3.05, 3.63) is 101 Å². The van der Waals surface area contributed by atoms with Gasteiger partial charge in [-0.2, -0.15) is 0 Å². The summed E-state index contributed by atoms with van der Waals surface area (Å²) >= 11 is 0. The van der Waals surface area contributed by atoms with Crippen molar-refractivity contribution in [3.8, 4) is 0 Å². The lowest BCUT2D eigenvalue weighted by Gasteiger charge is -2.02. The van der Waals surface area contributed by atoms with Crippen LogP contribution in [0.4, 0.5) is 14.5 Å². The third-order valence-corrected chi connectivity index (χ3v) is 3.82. The van der Waals surface area contributed by atoms with E-state index < -0.39 is 0 Å². The topological polar surface area (TPSA) is 24.7 Å². The highest BCUT2D eigenvalue weighted by Crippen LogP contribution is 2.26. The van der Waals surface area contributed by atoms with Gasteiger partial charge in [0.25, 0.3) is 0 Å². The van der Waals surface area contributed by atoms with Gasteiger partial charge in [0.05, 0.1) is 11.4 Å². The van der Waals surface area contributed by atoms with Crippen LogP contribution >= 0.6 is 0 Å². The second-order valence-electron chi connectivity index (χ2n) is 5.42. The highest BCUT2D eigenvalue weighted by Gasteiger charge is 2.22. The number of benzene rings is 3. The molecule has 0 saturated heterocycles. The average molecular weight is 318 g/mol. The predicted molar refractivity (Wildman–Crippen MR) is 91.1 cm³/mol. The summed E-state index contributed by atoms with van der Waals surface area (Å²) in [5.41, 5.74) is 4.07. The largest absolute Gasteiger partial charge is 0.229 e. The number of aliphatic imine (C=N–C) groups is 2. The van der Waals surface area contributed by atoms with Crippen LogP contribution in [0.5, 0.6) is 0 Å². The lowest BCUT2D eigenvalue weighted by molar-refractivity contribution is 0.627. The molecule has 0 amide bonds.